The summed E-state index contributed by atoms with van der Waals surface area (Å²) in [5, 5.41) is 6.92. The van der Waals surface area contributed by atoms with Crippen molar-refractivity contribution in [2.24, 2.45) is 0 Å². The number of hydrogen-bond donors (Lipinski definition) is 2. The molecule has 2 heterocycles. The van der Waals surface area contributed by atoms with Gasteiger partial charge in [-0.25, -0.2) is 0 Å². The van der Waals surface area contributed by atoms with Gasteiger partial charge in [-0.1, -0.05) is 63.2 Å². The molecule has 2 aliphatic rings. The van der Waals surface area contributed by atoms with Crippen LogP contribution in [0.25, 0.3) is 0 Å². The van der Waals surface area contributed by atoms with Gasteiger partial charge >= 0.3 is 0 Å². The van der Waals surface area contributed by atoms with E-state index in [2.05, 4.69) is 97.0 Å². The highest BCUT2D eigenvalue weighted by molar-refractivity contribution is 5.81. The van der Waals surface area contributed by atoms with Crippen LogP contribution in [0.3, 0.4) is 0 Å². The molecule has 0 amide bonds. The standard InChI is InChI=1S/C23H25N3/c1-23(2,3)18-13-11-17(12-14-18)16-26-21-10-5-4-8-19(21)25-22(26)20-9-6-7-15-24-20/h4-15,24-25H,16H2,1-3H3/b22-20+. The molecule has 3 heteroatoms. The Kier molecular flexibility index (Phi) is 4.08. The molecule has 0 spiro atoms. The zero-order valence-corrected chi connectivity index (χ0v) is 15.6. The first-order chi connectivity index (χ1) is 12.5. The summed E-state index contributed by atoms with van der Waals surface area (Å²) in [7, 11) is 0. The lowest BCUT2D eigenvalue weighted by molar-refractivity contribution is 0.590. The van der Waals surface area contributed by atoms with Gasteiger partial charge in [0.25, 0.3) is 0 Å². The normalized spacial score (nSPS) is 18.5. The molecule has 0 fully saturated rings. The average molecular weight is 343 g/mol. The first-order valence-corrected chi connectivity index (χ1v) is 9.09. The van der Waals surface area contributed by atoms with Gasteiger partial charge in [0, 0.05) is 12.7 Å². The minimum atomic E-state index is 0.177. The van der Waals surface area contributed by atoms with Crippen molar-refractivity contribution in [3.05, 3.63) is 95.6 Å². The highest BCUT2D eigenvalue weighted by atomic mass is 15.3. The first kappa shape index (κ1) is 16.5. The smallest absolute Gasteiger partial charge is 0.135 e. The van der Waals surface area contributed by atoms with Crippen LogP contribution in [0.2, 0.25) is 0 Å². The molecule has 0 unspecified atom stereocenters. The second-order valence-corrected chi connectivity index (χ2v) is 7.80. The van der Waals surface area contributed by atoms with E-state index in [1.165, 1.54) is 16.8 Å². The summed E-state index contributed by atoms with van der Waals surface area (Å²) in [5.74, 6) is 1.09. The number of allylic oxidation sites excluding steroid dienone is 3. The van der Waals surface area contributed by atoms with Crippen molar-refractivity contribution in [2.45, 2.75) is 32.7 Å². The van der Waals surface area contributed by atoms with Crippen molar-refractivity contribution in [3.63, 3.8) is 0 Å². The number of anilines is 2. The maximum atomic E-state index is 3.57. The highest BCUT2D eigenvalue weighted by Crippen LogP contribution is 2.38. The van der Waals surface area contributed by atoms with Gasteiger partial charge in [-0.2, -0.15) is 0 Å². The molecule has 0 saturated carbocycles. The van der Waals surface area contributed by atoms with Gasteiger partial charge in [-0.05, 0) is 40.8 Å². The van der Waals surface area contributed by atoms with Crippen molar-refractivity contribution in [3.8, 4) is 0 Å². The van der Waals surface area contributed by atoms with E-state index in [4.69, 9.17) is 0 Å². The molecular weight excluding hydrogens is 318 g/mol. The molecular formula is C23H25N3. The van der Waals surface area contributed by atoms with E-state index < -0.39 is 0 Å². The fourth-order valence-electron chi connectivity index (χ4n) is 3.34. The maximum absolute atomic E-state index is 3.57. The fraction of sp³-hybridized carbons (Fsp3) is 0.217. The van der Waals surface area contributed by atoms with Crippen LogP contribution in [0, 0.1) is 0 Å². The monoisotopic (exact) mass is 343 g/mol. The number of dihydropyridines is 1. The molecule has 0 radical (unpaired) electrons. The van der Waals surface area contributed by atoms with Gasteiger partial charge in [0.1, 0.15) is 5.82 Å². The topological polar surface area (TPSA) is 27.3 Å². The molecule has 2 aromatic rings. The van der Waals surface area contributed by atoms with Crippen molar-refractivity contribution in [1.29, 1.82) is 0 Å². The molecule has 0 saturated heterocycles. The summed E-state index contributed by atoms with van der Waals surface area (Å²) in [6.07, 6.45) is 8.12. The van der Waals surface area contributed by atoms with E-state index >= 15 is 0 Å². The second-order valence-electron chi connectivity index (χ2n) is 7.80. The predicted octanol–water partition coefficient (Wildman–Crippen LogP) is 5.26. The van der Waals surface area contributed by atoms with Gasteiger partial charge in [0.15, 0.2) is 0 Å². The summed E-state index contributed by atoms with van der Waals surface area (Å²) in [5.41, 5.74) is 6.27. The predicted molar refractivity (Wildman–Crippen MR) is 110 cm³/mol. The van der Waals surface area contributed by atoms with E-state index in [0.29, 0.717) is 0 Å². The zero-order chi connectivity index (χ0) is 18.1. The van der Waals surface area contributed by atoms with Crippen LogP contribution in [0.15, 0.2) is 84.5 Å². The van der Waals surface area contributed by atoms with Gasteiger partial charge in [0.2, 0.25) is 0 Å². The Morgan fingerprint density at radius 2 is 1.69 bits per heavy atom. The minimum absolute atomic E-state index is 0.177. The number of benzene rings is 2. The lowest BCUT2D eigenvalue weighted by atomic mass is 9.87. The lowest BCUT2D eigenvalue weighted by Crippen LogP contribution is -2.25. The molecule has 26 heavy (non-hydrogen) atoms. The molecule has 4 rings (SSSR count). The average Bonchev–Trinajstić information content (AvgIpc) is 3.01. The van der Waals surface area contributed by atoms with Crippen LogP contribution in [0.4, 0.5) is 11.4 Å². The van der Waals surface area contributed by atoms with E-state index in [1.807, 2.05) is 12.3 Å². The van der Waals surface area contributed by atoms with Crippen LogP contribution >= 0.6 is 0 Å². The summed E-state index contributed by atoms with van der Waals surface area (Å²) < 4.78 is 0. The SMILES string of the molecule is CC(C)(C)c1ccc(CN2/C(=C3\C=CC=CN3)Nc3ccccc32)cc1. The Hall–Kier alpha value is -2.94. The number of hydrogen-bond acceptors (Lipinski definition) is 3. The molecule has 132 valence electrons. The Bertz CT molecular complexity index is 896. The molecule has 0 bridgehead atoms. The third-order valence-corrected chi connectivity index (χ3v) is 4.84. The van der Waals surface area contributed by atoms with Crippen LogP contribution in [0.5, 0.6) is 0 Å². The van der Waals surface area contributed by atoms with Gasteiger partial charge in [0.05, 0.1) is 17.1 Å². The Morgan fingerprint density at radius 1 is 0.923 bits per heavy atom. The van der Waals surface area contributed by atoms with E-state index in [9.17, 15) is 0 Å². The number of nitrogens with zero attached hydrogens (tertiary/aromatic N) is 1. The number of para-hydroxylation sites is 2. The number of nitrogens with one attached hydrogen (secondary N) is 2. The first-order valence-electron chi connectivity index (χ1n) is 9.09. The van der Waals surface area contributed by atoms with Crippen molar-refractivity contribution in [1.82, 2.24) is 5.32 Å². The third-order valence-electron chi connectivity index (χ3n) is 4.84. The Morgan fingerprint density at radius 3 is 2.38 bits per heavy atom. The second kappa shape index (κ2) is 6.41. The van der Waals surface area contributed by atoms with Crippen LogP contribution in [-0.2, 0) is 12.0 Å². The summed E-state index contributed by atoms with van der Waals surface area (Å²) in [4.78, 5) is 2.34. The number of rotatable bonds is 2. The van der Waals surface area contributed by atoms with E-state index in [1.54, 1.807) is 0 Å². The highest BCUT2D eigenvalue weighted by Gasteiger charge is 2.26. The van der Waals surface area contributed by atoms with Crippen molar-refractivity contribution < 1.29 is 0 Å². The minimum Gasteiger partial charge on any atom is -0.359 e. The maximum Gasteiger partial charge on any atom is 0.135 e. The van der Waals surface area contributed by atoms with Crippen molar-refractivity contribution >= 4 is 11.4 Å². The largest absolute Gasteiger partial charge is 0.359 e. The lowest BCUT2D eigenvalue weighted by Gasteiger charge is -2.24. The molecule has 3 nitrogen and oxygen atoms in total. The molecule has 2 N–H and O–H groups in total. The van der Waals surface area contributed by atoms with Crippen LogP contribution in [-0.4, -0.2) is 0 Å². The Balaban J connectivity index is 1.68. The van der Waals surface area contributed by atoms with E-state index in [0.717, 1.165) is 23.8 Å². The van der Waals surface area contributed by atoms with Gasteiger partial charge in [-0.3, -0.25) is 0 Å². The van der Waals surface area contributed by atoms with Crippen molar-refractivity contribution in [2.75, 3.05) is 10.2 Å². The molecule has 0 aliphatic carbocycles. The number of fused-ring (bicyclic) bond motifs is 1. The molecule has 2 aliphatic heterocycles. The van der Waals surface area contributed by atoms with Crippen LogP contribution < -0.4 is 15.5 Å². The van der Waals surface area contributed by atoms with E-state index in [-0.39, 0.29) is 5.41 Å². The molecule has 2 aromatic carbocycles. The quantitative estimate of drug-likeness (QED) is 0.779. The summed E-state index contributed by atoms with van der Waals surface area (Å²) in [6.45, 7) is 7.58. The fourth-order valence-corrected chi connectivity index (χ4v) is 3.34. The summed E-state index contributed by atoms with van der Waals surface area (Å²) >= 11 is 0. The Labute approximate surface area is 155 Å². The third kappa shape index (κ3) is 3.13. The van der Waals surface area contributed by atoms with Gasteiger partial charge in [-0.15, -0.1) is 0 Å². The molecule has 0 aromatic heterocycles. The zero-order valence-electron chi connectivity index (χ0n) is 15.6. The van der Waals surface area contributed by atoms with Gasteiger partial charge < -0.3 is 15.5 Å². The molecule has 0 atom stereocenters. The van der Waals surface area contributed by atoms with Crippen LogP contribution in [0.1, 0.15) is 31.9 Å². The summed E-state index contributed by atoms with van der Waals surface area (Å²) in [6, 6.07) is 17.4.